The maximum Gasteiger partial charge on any atom is 0.307 e. The van der Waals surface area contributed by atoms with Crippen LogP contribution in [0.25, 0.3) is 10.9 Å². The molecule has 1 fully saturated rings. The van der Waals surface area contributed by atoms with Gasteiger partial charge < -0.3 is 23.5 Å². The molecule has 0 saturated carbocycles. The highest BCUT2D eigenvalue weighted by Crippen LogP contribution is 2.46. The van der Waals surface area contributed by atoms with Crippen molar-refractivity contribution >= 4 is 57.1 Å². The SMILES string of the molecule is COc1ccc2c(c(CN3CCN(C)CC3)c(OS(C)(=O)=O)n2S(=O)(=O)c2ccccc2Br)c1OS(C)(=O)=O.O. The minimum Gasteiger partial charge on any atom is -0.493 e. The van der Waals surface area contributed by atoms with Crippen LogP contribution in [-0.4, -0.2) is 97.3 Å². The van der Waals surface area contributed by atoms with Gasteiger partial charge in [-0.25, -0.2) is 12.4 Å². The number of nitrogens with zero attached hydrogens (tertiary/aromatic N) is 3. The summed E-state index contributed by atoms with van der Waals surface area (Å²) >= 11 is 3.26. The van der Waals surface area contributed by atoms with Crippen molar-refractivity contribution in [2.24, 2.45) is 0 Å². The number of rotatable bonds is 9. The largest absolute Gasteiger partial charge is 0.493 e. The summed E-state index contributed by atoms with van der Waals surface area (Å²) in [5.41, 5.74) is 0.0705. The average Bonchev–Trinajstić information content (AvgIpc) is 3.12. The number of hydrogen-bond acceptors (Lipinski definition) is 11. The Kier molecular flexibility index (Phi) is 9.50. The molecule has 0 aliphatic carbocycles. The monoisotopic (exact) mass is 683 g/mol. The van der Waals surface area contributed by atoms with Crippen LogP contribution in [0, 0.1) is 0 Å². The van der Waals surface area contributed by atoms with E-state index in [9.17, 15) is 25.3 Å². The van der Waals surface area contributed by atoms with E-state index >= 15 is 0 Å². The summed E-state index contributed by atoms with van der Waals surface area (Å²) in [7, 11) is -9.60. The first kappa shape index (κ1) is 32.1. The Morgan fingerprint density at radius 2 is 1.48 bits per heavy atom. The molecule has 3 aromatic rings. The molecule has 0 unspecified atom stereocenters. The van der Waals surface area contributed by atoms with Crippen molar-refractivity contribution in [1.29, 1.82) is 0 Å². The summed E-state index contributed by atoms with van der Waals surface area (Å²) in [5.74, 6) is -0.760. The molecule has 222 valence electrons. The smallest absolute Gasteiger partial charge is 0.307 e. The van der Waals surface area contributed by atoms with E-state index in [2.05, 4.69) is 20.8 Å². The first-order valence-electron chi connectivity index (χ1n) is 11.6. The standard InChI is InChI=1S/C23H28BrN3O9S3.H2O/c1-25-11-13-26(14-12-25)15-16-21-18(9-10-19(34-2)22(21)35-37(3,28)29)27(23(16)36-38(4,30)31)39(32,33)20-8-6-5-7-17(20)24;/h5-10H,11-15H2,1-4H3;1H2. The molecule has 17 heteroatoms. The second kappa shape index (κ2) is 11.8. The lowest BCUT2D eigenvalue weighted by Gasteiger charge is -2.32. The van der Waals surface area contributed by atoms with Crippen molar-refractivity contribution in [2.75, 3.05) is 52.8 Å². The summed E-state index contributed by atoms with van der Waals surface area (Å²) in [6.07, 6.45) is 1.64. The first-order chi connectivity index (χ1) is 18.1. The third-order valence-corrected chi connectivity index (χ3v) is 9.72. The van der Waals surface area contributed by atoms with Gasteiger partial charge in [-0.2, -0.15) is 16.8 Å². The molecule has 2 N–H and O–H groups in total. The van der Waals surface area contributed by atoms with Crippen molar-refractivity contribution in [3.05, 3.63) is 46.4 Å². The zero-order valence-corrected chi connectivity index (χ0v) is 26.2. The molecular weight excluding hydrogens is 654 g/mol. The molecule has 40 heavy (non-hydrogen) atoms. The zero-order valence-electron chi connectivity index (χ0n) is 22.1. The Hall–Kier alpha value is -2.41. The number of halogens is 1. The second-order valence-electron chi connectivity index (χ2n) is 9.13. The third kappa shape index (κ3) is 6.72. The summed E-state index contributed by atoms with van der Waals surface area (Å²) in [6.45, 7) is 2.65. The minimum absolute atomic E-state index is 0. The molecule has 0 bridgehead atoms. The van der Waals surface area contributed by atoms with Gasteiger partial charge in [0.1, 0.15) is 4.90 Å². The highest BCUT2D eigenvalue weighted by atomic mass is 79.9. The maximum absolute atomic E-state index is 14.1. The Balaban J connectivity index is 0.00000441. The molecule has 1 aliphatic rings. The van der Waals surface area contributed by atoms with Gasteiger partial charge in [-0.3, -0.25) is 4.90 Å². The number of aromatic nitrogens is 1. The molecule has 1 aromatic heterocycles. The number of hydrogen-bond donors (Lipinski definition) is 0. The van der Waals surface area contributed by atoms with E-state index in [-0.39, 0.29) is 49.4 Å². The molecule has 1 saturated heterocycles. The van der Waals surface area contributed by atoms with E-state index in [1.54, 1.807) is 6.07 Å². The number of methoxy groups -OCH3 is 1. The Morgan fingerprint density at radius 3 is 2.02 bits per heavy atom. The fraction of sp³-hybridized carbons (Fsp3) is 0.391. The molecule has 0 atom stereocenters. The third-order valence-electron chi connectivity index (χ3n) is 6.08. The van der Waals surface area contributed by atoms with Crippen molar-refractivity contribution in [3.63, 3.8) is 0 Å². The Morgan fingerprint density at radius 1 is 0.875 bits per heavy atom. The van der Waals surface area contributed by atoms with Crippen LogP contribution in [0.2, 0.25) is 0 Å². The zero-order chi connectivity index (χ0) is 28.8. The normalized spacial score (nSPS) is 15.5. The second-order valence-corrected chi connectivity index (χ2v) is 14.9. The lowest BCUT2D eigenvalue weighted by atomic mass is 10.1. The molecule has 4 rings (SSSR count). The molecule has 2 heterocycles. The van der Waals surface area contributed by atoms with Gasteiger partial charge in [-0.1, -0.05) is 12.1 Å². The summed E-state index contributed by atoms with van der Waals surface area (Å²) in [4.78, 5) is 3.95. The number of benzene rings is 2. The summed E-state index contributed by atoms with van der Waals surface area (Å²) in [5, 5.41) is 0.0352. The van der Waals surface area contributed by atoms with Crippen LogP contribution in [0.3, 0.4) is 0 Å². The fourth-order valence-electron chi connectivity index (χ4n) is 4.34. The van der Waals surface area contributed by atoms with Crippen molar-refractivity contribution < 1.29 is 43.8 Å². The van der Waals surface area contributed by atoms with Crippen molar-refractivity contribution in [1.82, 2.24) is 13.8 Å². The van der Waals surface area contributed by atoms with E-state index < -0.39 is 36.1 Å². The van der Waals surface area contributed by atoms with Gasteiger partial charge in [-0.05, 0) is 47.2 Å². The van der Waals surface area contributed by atoms with Crippen LogP contribution in [0.15, 0.2) is 45.8 Å². The van der Waals surface area contributed by atoms with Crippen LogP contribution >= 0.6 is 15.9 Å². The van der Waals surface area contributed by atoms with E-state index in [4.69, 9.17) is 13.1 Å². The van der Waals surface area contributed by atoms with Crippen LogP contribution in [0.1, 0.15) is 5.56 Å². The summed E-state index contributed by atoms with van der Waals surface area (Å²) in [6, 6.07) is 8.77. The van der Waals surface area contributed by atoms with Crippen molar-refractivity contribution in [3.8, 4) is 17.4 Å². The molecule has 13 nitrogen and oxygen atoms in total. The molecule has 0 radical (unpaired) electrons. The Bertz CT molecular complexity index is 1730. The lowest BCUT2D eigenvalue weighted by molar-refractivity contribution is 0.148. The van der Waals surface area contributed by atoms with E-state index in [1.807, 2.05) is 11.9 Å². The minimum atomic E-state index is -4.50. The Labute approximate surface area is 242 Å². The highest BCUT2D eigenvalue weighted by Gasteiger charge is 2.35. The molecule has 2 aromatic carbocycles. The van der Waals surface area contributed by atoms with Gasteiger partial charge in [0.15, 0.2) is 11.5 Å². The molecule has 0 amide bonds. The molecular formula is C23H30BrN3O10S3. The van der Waals surface area contributed by atoms with Gasteiger partial charge in [0.25, 0.3) is 10.0 Å². The number of fused-ring (bicyclic) bond motifs is 1. The number of ether oxygens (including phenoxy) is 1. The van der Waals surface area contributed by atoms with Gasteiger partial charge in [0.2, 0.25) is 5.88 Å². The van der Waals surface area contributed by atoms with Crippen LogP contribution in [-0.2, 0) is 36.8 Å². The predicted octanol–water partition coefficient (Wildman–Crippen LogP) is 1.25. The van der Waals surface area contributed by atoms with Crippen LogP contribution in [0.5, 0.6) is 17.4 Å². The quantitative estimate of drug-likeness (QED) is 0.297. The fourth-order valence-corrected chi connectivity index (χ4v) is 7.76. The van der Waals surface area contributed by atoms with Gasteiger partial charge in [0, 0.05) is 42.8 Å². The maximum atomic E-state index is 14.1. The van der Waals surface area contributed by atoms with E-state index in [0.29, 0.717) is 26.2 Å². The lowest BCUT2D eigenvalue weighted by Crippen LogP contribution is -2.43. The number of piperazine rings is 1. The van der Waals surface area contributed by atoms with Gasteiger partial charge in [0.05, 0.1) is 30.5 Å². The van der Waals surface area contributed by atoms with E-state index in [0.717, 1.165) is 16.5 Å². The number of likely N-dealkylation sites (N-methyl/N-ethyl adjacent to an activating group) is 1. The van der Waals surface area contributed by atoms with Gasteiger partial charge >= 0.3 is 20.2 Å². The highest BCUT2D eigenvalue weighted by molar-refractivity contribution is 9.10. The topological polar surface area (TPSA) is 173 Å². The predicted molar refractivity (Wildman–Crippen MR) is 153 cm³/mol. The first-order valence-corrected chi connectivity index (χ1v) is 17.4. The van der Waals surface area contributed by atoms with Gasteiger partial charge in [-0.15, -0.1) is 0 Å². The van der Waals surface area contributed by atoms with Crippen molar-refractivity contribution in [2.45, 2.75) is 11.4 Å². The molecule has 0 spiro atoms. The summed E-state index contributed by atoms with van der Waals surface area (Å²) < 4.78 is 94.8. The van der Waals surface area contributed by atoms with Crippen LogP contribution < -0.4 is 13.1 Å². The van der Waals surface area contributed by atoms with E-state index in [1.165, 1.54) is 37.4 Å². The molecule has 1 aliphatic heterocycles. The average molecular weight is 685 g/mol. The van der Waals surface area contributed by atoms with Crippen LogP contribution in [0.4, 0.5) is 0 Å².